The molecule has 158 valence electrons. The Labute approximate surface area is 175 Å². The van der Waals surface area contributed by atoms with Crippen molar-refractivity contribution in [3.05, 3.63) is 46.4 Å². The van der Waals surface area contributed by atoms with Crippen LogP contribution in [0.2, 0.25) is 5.02 Å². The number of carbonyl (C=O) groups excluding carboxylic acids is 1. The fourth-order valence-corrected chi connectivity index (χ4v) is 3.83. The third-order valence-electron chi connectivity index (χ3n) is 5.13. The number of piperazine rings is 1. The van der Waals surface area contributed by atoms with Gasteiger partial charge < -0.3 is 9.80 Å². The molecule has 0 atom stereocenters. The van der Waals surface area contributed by atoms with Gasteiger partial charge in [-0.1, -0.05) is 11.6 Å². The number of pyridine rings is 2. The lowest BCUT2D eigenvalue weighted by atomic mass is 10.1. The zero-order valence-electron chi connectivity index (χ0n) is 16.2. The van der Waals surface area contributed by atoms with Gasteiger partial charge in [-0.25, -0.2) is 9.97 Å². The molecule has 1 aliphatic heterocycles. The monoisotopic (exact) mass is 438 g/mol. The zero-order valence-corrected chi connectivity index (χ0v) is 17.0. The number of carbonyl (C=O) groups is 1. The van der Waals surface area contributed by atoms with E-state index in [1.807, 2.05) is 6.92 Å². The molecule has 0 radical (unpaired) electrons. The number of aryl methyl sites for hydroxylation is 2. The second kappa shape index (κ2) is 7.42. The molecule has 0 aliphatic carbocycles. The van der Waals surface area contributed by atoms with Crippen molar-refractivity contribution in [1.82, 2.24) is 24.6 Å². The summed E-state index contributed by atoms with van der Waals surface area (Å²) in [5.41, 5.74) is 1.08. The van der Waals surface area contributed by atoms with Crippen LogP contribution < -0.4 is 4.90 Å². The Morgan fingerprint density at radius 1 is 1.10 bits per heavy atom. The molecule has 4 heterocycles. The fourth-order valence-electron chi connectivity index (χ4n) is 3.55. The second-order valence-corrected chi connectivity index (χ2v) is 7.52. The molecule has 0 bridgehead atoms. The molecule has 11 heteroatoms. The minimum atomic E-state index is -4.50. The molecule has 0 spiro atoms. The lowest BCUT2D eigenvalue weighted by Gasteiger charge is -2.35. The number of alkyl halides is 3. The first-order valence-corrected chi connectivity index (χ1v) is 9.59. The van der Waals surface area contributed by atoms with Crippen LogP contribution in [0.1, 0.15) is 21.6 Å². The number of anilines is 1. The molecule has 1 amide bonds. The first-order valence-electron chi connectivity index (χ1n) is 9.21. The Kier molecular flexibility index (Phi) is 5.05. The summed E-state index contributed by atoms with van der Waals surface area (Å²) in [6, 6.07) is 2.66. The van der Waals surface area contributed by atoms with Crippen LogP contribution in [0.4, 0.5) is 19.0 Å². The van der Waals surface area contributed by atoms with E-state index in [4.69, 9.17) is 11.6 Å². The maximum absolute atomic E-state index is 12.9. The minimum absolute atomic E-state index is 0.0636. The SMILES string of the molecule is Cc1nn(C)c2ncc(C(=O)N3CCN(c4ncc(C(F)(F)F)cc4Cl)CC3)cc12. The number of fused-ring (bicyclic) bond motifs is 1. The van der Waals surface area contributed by atoms with Crippen LogP contribution in [0.3, 0.4) is 0 Å². The first kappa shape index (κ1) is 20.4. The summed E-state index contributed by atoms with van der Waals surface area (Å²) < 4.78 is 40.1. The summed E-state index contributed by atoms with van der Waals surface area (Å²) in [5.74, 6) is 0.129. The lowest BCUT2D eigenvalue weighted by molar-refractivity contribution is -0.137. The van der Waals surface area contributed by atoms with Gasteiger partial charge in [0, 0.05) is 51.0 Å². The Balaban J connectivity index is 1.47. The Morgan fingerprint density at radius 2 is 1.80 bits per heavy atom. The highest BCUT2D eigenvalue weighted by Gasteiger charge is 2.32. The van der Waals surface area contributed by atoms with Crippen LogP contribution in [0.25, 0.3) is 11.0 Å². The fraction of sp³-hybridized carbons (Fsp3) is 0.368. The highest BCUT2D eigenvalue weighted by molar-refractivity contribution is 6.33. The van der Waals surface area contributed by atoms with Gasteiger partial charge in [0.2, 0.25) is 0 Å². The van der Waals surface area contributed by atoms with Gasteiger partial charge in [0.05, 0.1) is 21.8 Å². The Bertz CT molecular complexity index is 1120. The lowest BCUT2D eigenvalue weighted by Crippen LogP contribution is -2.49. The van der Waals surface area contributed by atoms with Crippen molar-refractivity contribution in [1.29, 1.82) is 0 Å². The molecule has 1 fully saturated rings. The third kappa shape index (κ3) is 3.67. The van der Waals surface area contributed by atoms with Gasteiger partial charge in [0.25, 0.3) is 5.91 Å². The molecule has 7 nitrogen and oxygen atoms in total. The smallest absolute Gasteiger partial charge is 0.352 e. The minimum Gasteiger partial charge on any atom is -0.352 e. The molecular weight excluding hydrogens is 421 g/mol. The average Bonchev–Trinajstić information content (AvgIpc) is 3.00. The van der Waals surface area contributed by atoms with Gasteiger partial charge in [-0.2, -0.15) is 18.3 Å². The van der Waals surface area contributed by atoms with Gasteiger partial charge in [-0.3, -0.25) is 9.48 Å². The van der Waals surface area contributed by atoms with Crippen molar-refractivity contribution in [3.63, 3.8) is 0 Å². The van der Waals surface area contributed by atoms with Crippen molar-refractivity contribution in [2.45, 2.75) is 13.1 Å². The highest BCUT2D eigenvalue weighted by atomic mass is 35.5. The van der Waals surface area contributed by atoms with Gasteiger partial charge in [-0.05, 0) is 19.1 Å². The van der Waals surface area contributed by atoms with E-state index >= 15 is 0 Å². The van der Waals surface area contributed by atoms with E-state index in [9.17, 15) is 18.0 Å². The number of amides is 1. The summed E-state index contributed by atoms with van der Waals surface area (Å²) in [5, 5.41) is 5.07. The van der Waals surface area contributed by atoms with Gasteiger partial charge in [0.1, 0.15) is 5.82 Å². The first-order chi connectivity index (χ1) is 14.1. The molecule has 1 saturated heterocycles. The standard InChI is InChI=1S/C19H18ClF3N6O/c1-11-14-7-12(9-24-16(14)27(2)26-11)18(30)29-5-3-28(4-6-29)17-15(20)8-13(10-25-17)19(21,22)23/h7-10H,3-6H2,1-2H3. The van der Waals surface area contributed by atoms with Crippen molar-refractivity contribution in [2.24, 2.45) is 7.05 Å². The second-order valence-electron chi connectivity index (χ2n) is 7.11. The van der Waals surface area contributed by atoms with Gasteiger partial charge >= 0.3 is 6.18 Å². The number of nitrogens with zero attached hydrogens (tertiary/aromatic N) is 6. The van der Waals surface area contributed by atoms with Crippen LogP contribution in [0, 0.1) is 6.92 Å². The van der Waals surface area contributed by atoms with Crippen LogP contribution in [0.5, 0.6) is 0 Å². The molecule has 0 unspecified atom stereocenters. The topological polar surface area (TPSA) is 67.2 Å². The molecule has 3 aromatic heterocycles. The van der Waals surface area contributed by atoms with E-state index in [2.05, 4.69) is 15.1 Å². The summed E-state index contributed by atoms with van der Waals surface area (Å²) in [6.45, 7) is 3.46. The average molecular weight is 439 g/mol. The maximum Gasteiger partial charge on any atom is 0.417 e. The molecule has 30 heavy (non-hydrogen) atoms. The summed E-state index contributed by atoms with van der Waals surface area (Å²) in [7, 11) is 1.80. The molecule has 0 saturated carbocycles. The van der Waals surface area contributed by atoms with E-state index in [1.54, 1.807) is 27.6 Å². The van der Waals surface area contributed by atoms with Crippen molar-refractivity contribution < 1.29 is 18.0 Å². The van der Waals surface area contributed by atoms with E-state index in [0.717, 1.165) is 23.3 Å². The molecule has 1 aliphatic rings. The Morgan fingerprint density at radius 3 is 2.43 bits per heavy atom. The number of halogens is 4. The summed E-state index contributed by atoms with van der Waals surface area (Å²) in [6.07, 6.45) is -2.19. The largest absolute Gasteiger partial charge is 0.417 e. The number of rotatable bonds is 2. The van der Waals surface area contributed by atoms with Gasteiger partial charge in [0.15, 0.2) is 5.65 Å². The van der Waals surface area contributed by atoms with Crippen molar-refractivity contribution in [3.8, 4) is 0 Å². The van der Waals surface area contributed by atoms with E-state index in [0.29, 0.717) is 37.4 Å². The van der Waals surface area contributed by atoms with Crippen molar-refractivity contribution in [2.75, 3.05) is 31.1 Å². The quantitative estimate of drug-likeness (QED) is 0.614. The normalized spacial score (nSPS) is 15.1. The van der Waals surface area contributed by atoms with Crippen LogP contribution in [-0.2, 0) is 13.2 Å². The van der Waals surface area contributed by atoms with E-state index < -0.39 is 11.7 Å². The Hall–Kier alpha value is -2.88. The predicted molar refractivity (Wildman–Crippen MR) is 106 cm³/mol. The number of hydrogen-bond donors (Lipinski definition) is 0. The zero-order chi connectivity index (χ0) is 21.6. The summed E-state index contributed by atoms with van der Waals surface area (Å²) in [4.78, 5) is 24.6. The van der Waals surface area contributed by atoms with Crippen molar-refractivity contribution >= 4 is 34.4 Å². The summed E-state index contributed by atoms with van der Waals surface area (Å²) >= 11 is 6.04. The molecule has 4 rings (SSSR count). The maximum atomic E-state index is 12.9. The van der Waals surface area contributed by atoms with Crippen LogP contribution in [0.15, 0.2) is 24.5 Å². The number of aromatic nitrogens is 4. The van der Waals surface area contributed by atoms with E-state index in [1.165, 1.54) is 6.20 Å². The molecule has 0 N–H and O–H groups in total. The van der Waals surface area contributed by atoms with E-state index in [-0.39, 0.29) is 16.7 Å². The van der Waals surface area contributed by atoms with Crippen LogP contribution in [-0.4, -0.2) is 56.7 Å². The molecule has 0 aromatic carbocycles. The highest BCUT2D eigenvalue weighted by Crippen LogP contribution is 2.33. The van der Waals surface area contributed by atoms with Crippen LogP contribution >= 0.6 is 11.6 Å². The number of hydrogen-bond acceptors (Lipinski definition) is 5. The molecular formula is C19H18ClF3N6O. The predicted octanol–water partition coefficient (Wildman–Crippen LogP) is 3.31. The van der Waals surface area contributed by atoms with Gasteiger partial charge in [-0.15, -0.1) is 0 Å². The molecule has 3 aromatic rings. The third-order valence-corrected chi connectivity index (χ3v) is 5.40.